The van der Waals surface area contributed by atoms with Crippen molar-refractivity contribution in [3.63, 3.8) is 0 Å². The van der Waals surface area contributed by atoms with E-state index in [0.717, 1.165) is 24.5 Å². The second-order valence-electron chi connectivity index (χ2n) is 5.63. The van der Waals surface area contributed by atoms with Crippen LogP contribution in [-0.2, 0) is 15.3 Å². The van der Waals surface area contributed by atoms with Crippen LogP contribution in [0.3, 0.4) is 0 Å². The third-order valence-electron chi connectivity index (χ3n) is 2.35. The summed E-state index contributed by atoms with van der Waals surface area (Å²) in [6.45, 7) is 8.55. The SMILES string of the molecule is CCCNc1ccc(Cl)c(CSCC(=O)OC(C)(C)C)n1. The Kier molecular flexibility index (Phi) is 7.32. The summed E-state index contributed by atoms with van der Waals surface area (Å²) in [6, 6.07) is 3.69. The molecular formula is C15H23ClN2O2S. The van der Waals surface area contributed by atoms with Gasteiger partial charge in [0, 0.05) is 12.3 Å². The first-order valence-corrected chi connectivity index (χ1v) is 8.54. The van der Waals surface area contributed by atoms with Crippen molar-refractivity contribution in [2.24, 2.45) is 0 Å². The zero-order valence-corrected chi connectivity index (χ0v) is 14.6. The Morgan fingerprint density at radius 2 is 2.14 bits per heavy atom. The van der Waals surface area contributed by atoms with Crippen LogP contribution in [-0.4, -0.2) is 28.9 Å². The number of halogens is 1. The van der Waals surface area contributed by atoms with E-state index in [4.69, 9.17) is 16.3 Å². The molecular weight excluding hydrogens is 308 g/mol. The maximum Gasteiger partial charge on any atom is 0.316 e. The van der Waals surface area contributed by atoms with Crippen molar-refractivity contribution in [1.29, 1.82) is 0 Å². The number of carbonyl (C=O) groups excluding carboxylic acids is 1. The standard InChI is InChI=1S/C15H23ClN2O2S/c1-5-8-17-13-7-6-11(16)12(18-13)9-21-10-14(19)20-15(2,3)4/h6-7H,5,8-10H2,1-4H3,(H,17,18). The summed E-state index contributed by atoms with van der Waals surface area (Å²) in [5.74, 6) is 1.47. The van der Waals surface area contributed by atoms with E-state index in [9.17, 15) is 4.79 Å². The van der Waals surface area contributed by atoms with Gasteiger partial charge in [-0.05, 0) is 39.3 Å². The first kappa shape index (κ1) is 18.1. The predicted octanol–water partition coefficient (Wildman–Crippen LogP) is 4.13. The van der Waals surface area contributed by atoms with E-state index in [2.05, 4.69) is 17.2 Å². The number of hydrogen-bond acceptors (Lipinski definition) is 5. The quantitative estimate of drug-likeness (QED) is 0.762. The molecule has 0 aliphatic carbocycles. The number of anilines is 1. The molecule has 1 heterocycles. The number of nitrogens with zero attached hydrogens (tertiary/aromatic N) is 1. The van der Waals surface area contributed by atoms with Crippen LogP contribution in [0.4, 0.5) is 5.82 Å². The molecule has 1 aromatic heterocycles. The molecule has 0 aromatic carbocycles. The molecule has 0 unspecified atom stereocenters. The van der Waals surface area contributed by atoms with E-state index >= 15 is 0 Å². The van der Waals surface area contributed by atoms with Crippen LogP contribution in [0, 0.1) is 0 Å². The minimum absolute atomic E-state index is 0.219. The summed E-state index contributed by atoms with van der Waals surface area (Å²) in [5.41, 5.74) is 0.337. The first-order chi connectivity index (χ1) is 9.81. The lowest BCUT2D eigenvalue weighted by molar-refractivity contribution is -0.151. The molecule has 118 valence electrons. The molecule has 1 N–H and O–H groups in total. The summed E-state index contributed by atoms with van der Waals surface area (Å²) >= 11 is 7.58. The monoisotopic (exact) mass is 330 g/mol. The Bertz CT molecular complexity index is 475. The Hall–Kier alpha value is -0.940. The van der Waals surface area contributed by atoms with Crippen LogP contribution < -0.4 is 5.32 Å². The maximum atomic E-state index is 11.6. The highest BCUT2D eigenvalue weighted by Gasteiger charge is 2.16. The Morgan fingerprint density at radius 3 is 2.76 bits per heavy atom. The number of aromatic nitrogens is 1. The van der Waals surface area contributed by atoms with E-state index in [-0.39, 0.29) is 5.97 Å². The van der Waals surface area contributed by atoms with Crippen molar-refractivity contribution in [2.75, 3.05) is 17.6 Å². The number of rotatable bonds is 7. The van der Waals surface area contributed by atoms with Crippen molar-refractivity contribution in [3.8, 4) is 0 Å². The van der Waals surface area contributed by atoms with Crippen LogP contribution >= 0.6 is 23.4 Å². The predicted molar refractivity (Wildman–Crippen MR) is 90.0 cm³/mol. The molecule has 21 heavy (non-hydrogen) atoms. The molecule has 1 aromatic rings. The van der Waals surface area contributed by atoms with Crippen LogP contribution in [0.25, 0.3) is 0 Å². The van der Waals surface area contributed by atoms with Gasteiger partial charge in [0.1, 0.15) is 11.4 Å². The van der Waals surface area contributed by atoms with Crippen LogP contribution in [0.5, 0.6) is 0 Å². The highest BCUT2D eigenvalue weighted by atomic mass is 35.5. The number of pyridine rings is 1. The summed E-state index contributed by atoms with van der Waals surface area (Å²) in [6.07, 6.45) is 1.03. The molecule has 0 radical (unpaired) electrons. The van der Waals surface area contributed by atoms with Crippen molar-refractivity contribution in [3.05, 3.63) is 22.8 Å². The highest BCUT2D eigenvalue weighted by molar-refractivity contribution is 7.99. The van der Waals surface area contributed by atoms with E-state index in [1.54, 1.807) is 0 Å². The molecule has 4 nitrogen and oxygen atoms in total. The molecule has 0 fully saturated rings. The lowest BCUT2D eigenvalue weighted by atomic mass is 10.2. The first-order valence-electron chi connectivity index (χ1n) is 7.00. The zero-order chi connectivity index (χ0) is 15.9. The molecule has 0 atom stereocenters. The Labute approximate surface area is 136 Å². The molecule has 0 amide bonds. The third-order valence-corrected chi connectivity index (χ3v) is 3.61. The van der Waals surface area contributed by atoms with Gasteiger partial charge in [0.05, 0.1) is 16.5 Å². The van der Waals surface area contributed by atoms with E-state index in [0.29, 0.717) is 16.5 Å². The Morgan fingerprint density at radius 1 is 1.43 bits per heavy atom. The minimum Gasteiger partial charge on any atom is -0.459 e. The fraction of sp³-hybridized carbons (Fsp3) is 0.600. The molecule has 0 aliphatic heterocycles. The summed E-state index contributed by atoms with van der Waals surface area (Å²) in [7, 11) is 0. The number of hydrogen-bond donors (Lipinski definition) is 1. The topological polar surface area (TPSA) is 51.2 Å². The van der Waals surface area contributed by atoms with Crippen molar-refractivity contribution in [1.82, 2.24) is 4.98 Å². The number of esters is 1. The molecule has 1 rings (SSSR count). The maximum absolute atomic E-state index is 11.6. The van der Waals surface area contributed by atoms with Gasteiger partial charge in [-0.3, -0.25) is 4.79 Å². The second kappa shape index (κ2) is 8.49. The fourth-order valence-corrected chi connectivity index (χ4v) is 2.53. The molecule has 6 heteroatoms. The van der Waals surface area contributed by atoms with Gasteiger partial charge in [0.25, 0.3) is 0 Å². The van der Waals surface area contributed by atoms with Crippen molar-refractivity contribution < 1.29 is 9.53 Å². The molecule has 0 bridgehead atoms. The summed E-state index contributed by atoms with van der Waals surface area (Å²) in [5, 5.41) is 3.84. The van der Waals surface area contributed by atoms with Gasteiger partial charge in [0.2, 0.25) is 0 Å². The average molecular weight is 331 g/mol. The number of nitrogens with one attached hydrogen (secondary N) is 1. The van der Waals surface area contributed by atoms with Crippen LogP contribution in [0.1, 0.15) is 39.8 Å². The fourth-order valence-electron chi connectivity index (χ4n) is 1.54. The number of thioether (sulfide) groups is 1. The largest absolute Gasteiger partial charge is 0.459 e. The molecule has 0 saturated heterocycles. The van der Waals surface area contributed by atoms with Gasteiger partial charge in [-0.15, -0.1) is 11.8 Å². The van der Waals surface area contributed by atoms with Crippen molar-refractivity contribution in [2.45, 2.75) is 45.5 Å². The van der Waals surface area contributed by atoms with E-state index in [1.165, 1.54) is 11.8 Å². The van der Waals surface area contributed by atoms with Gasteiger partial charge < -0.3 is 10.1 Å². The van der Waals surface area contributed by atoms with Gasteiger partial charge in [-0.1, -0.05) is 18.5 Å². The van der Waals surface area contributed by atoms with Gasteiger partial charge in [-0.25, -0.2) is 4.98 Å². The van der Waals surface area contributed by atoms with E-state index in [1.807, 2.05) is 32.9 Å². The highest BCUT2D eigenvalue weighted by Crippen LogP contribution is 2.22. The van der Waals surface area contributed by atoms with Crippen LogP contribution in [0.2, 0.25) is 5.02 Å². The molecule has 0 aliphatic rings. The average Bonchev–Trinajstić information content (AvgIpc) is 2.37. The Balaban J connectivity index is 2.49. The summed E-state index contributed by atoms with van der Waals surface area (Å²) in [4.78, 5) is 16.1. The summed E-state index contributed by atoms with van der Waals surface area (Å²) < 4.78 is 5.26. The number of carbonyl (C=O) groups is 1. The lowest BCUT2D eigenvalue weighted by Crippen LogP contribution is -2.24. The van der Waals surface area contributed by atoms with E-state index < -0.39 is 5.60 Å². The van der Waals surface area contributed by atoms with Gasteiger partial charge >= 0.3 is 5.97 Å². The molecule has 0 saturated carbocycles. The minimum atomic E-state index is -0.447. The second-order valence-corrected chi connectivity index (χ2v) is 7.02. The number of ether oxygens (including phenoxy) is 1. The molecule has 0 spiro atoms. The third kappa shape index (κ3) is 7.58. The van der Waals surface area contributed by atoms with Crippen molar-refractivity contribution >= 4 is 35.1 Å². The van der Waals surface area contributed by atoms with Gasteiger partial charge in [-0.2, -0.15) is 0 Å². The smallest absolute Gasteiger partial charge is 0.316 e. The lowest BCUT2D eigenvalue weighted by Gasteiger charge is -2.19. The van der Waals surface area contributed by atoms with Crippen LogP contribution in [0.15, 0.2) is 12.1 Å². The normalized spacial score (nSPS) is 11.3. The zero-order valence-electron chi connectivity index (χ0n) is 13.0. The van der Waals surface area contributed by atoms with Gasteiger partial charge in [0.15, 0.2) is 0 Å².